The van der Waals surface area contributed by atoms with Crippen LogP contribution in [0.2, 0.25) is 0 Å². The Labute approximate surface area is 136 Å². The molecule has 1 fully saturated rings. The van der Waals surface area contributed by atoms with E-state index in [0.717, 1.165) is 0 Å². The number of benzene rings is 1. The molecule has 1 N–H and O–H groups in total. The number of nitrogens with zero attached hydrogens (tertiary/aromatic N) is 2. The minimum Gasteiger partial charge on any atom is -0.448 e. The number of amides is 2. The fourth-order valence-electron chi connectivity index (χ4n) is 2.19. The third-order valence-corrected chi connectivity index (χ3v) is 3.50. The third-order valence-electron chi connectivity index (χ3n) is 3.50. The second-order valence-corrected chi connectivity index (χ2v) is 5.36. The van der Waals surface area contributed by atoms with Crippen molar-refractivity contribution in [1.29, 1.82) is 0 Å². The number of carbonyl (C=O) groups excluding carboxylic acids is 2. The molecule has 1 aromatic carbocycles. The topological polar surface area (TPSA) is 71.1 Å². The van der Waals surface area contributed by atoms with Crippen LogP contribution >= 0.6 is 0 Å². The van der Waals surface area contributed by atoms with Crippen molar-refractivity contribution in [1.82, 2.24) is 9.80 Å². The Balaban J connectivity index is 1.61. The second kappa shape index (κ2) is 9.12. The second-order valence-electron chi connectivity index (χ2n) is 5.36. The van der Waals surface area contributed by atoms with E-state index < -0.39 is 6.09 Å². The lowest BCUT2D eigenvalue weighted by atomic mass is 10.3. The van der Waals surface area contributed by atoms with Crippen LogP contribution in [0.25, 0.3) is 0 Å². The summed E-state index contributed by atoms with van der Waals surface area (Å²) in [6.07, 6.45) is -0.496. The van der Waals surface area contributed by atoms with E-state index in [1.54, 1.807) is 17.0 Å². The molecule has 2 amide bonds. The number of nitrogens with one attached hydrogen (secondary N) is 1. The smallest absolute Gasteiger partial charge is 0.411 e. The molecular weight excluding hydrogens is 298 g/mol. The molecule has 0 saturated carbocycles. The molecule has 126 valence electrons. The summed E-state index contributed by atoms with van der Waals surface area (Å²) in [4.78, 5) is 27.3. The summed E-state index contributed by atoms with van der Waals surface area (Å²) in [5, 5.41) is 2.64. The zero-order chi connectivity index (χ0) is 16.5. The van der Waals surface area contributed by atoms with Gasteiger partial charge in [0, 0.05) is 25.3 Å². The maximum Gasteiger partial charge on any atom is 0.411 e. The van der Waals surface area contributed by atoms with Gasteiger partial charge < -0.3 is 14.4 Å². The monoisotopic (exact) mass is 321 g/mol. The Hall–Kier alpha value is -2.12. The van der Waals surface area contributed by atoms with Crippen molar-refractivity contribution in [2.24, 2.45) is 0 Å². The highest BCUT2D eigenvalue weighted by Gasteiger charge is 2.18. The maximum absolute atomic E-state index is 12.1. The van der Waals surface area contributed by atoms with Gasteiger partial charge in [0.1, 0.15) is 6.61 Å². The highest BCUT2D eigenvalue weighted by molar-refractivity contribution is 5.84. The van der Waals surface area contributed by atoms with Crippen molar-refractivity contribution in [3.8, 4) is 0 Å². The first kappa shape index (κ1) is 17.2. The molecule has 1 aliphatic rings. The number of carbonyl (C=O) groups is 2. The molecule has 2 rings (SSSR count). The highest BCUT2D eigenvalue weighted by Crippen LogP contribution is 2.05. The van der Waals surface area contributed by atoms with Crippen molar-refractivity contribution in [3.05, 3.63) is 30.3 Å². The first-order valence-electron chi connectivity index (χ1n) is 7.68. The predicted octanol–water partition coefficient (Wildman–Crippen LogP) is 1.03. The Morgan fingerprint density at radius 1 is 1.26 bits per heavy atom. The molecule has 1 aromatic rings. The standard InChI is InChI=1S/C16H23N3O4/c1-18(13-15(20)19-8-10-22-11-9-19)7-12-23-16(21)17-14-5-3-2-4-6-14/h2-6H,7-13H2,1H3,(H,17,21). The highest BCUT2D eigenvalue weighted by atomic mass is 16.5. The van der Waals surface area contributed by atoms with Crippen LogP contribution in [0, 0.1) is 0 Å². The number of ether oxygens (including phenoxy) is 2. The van der Waals surface area contributed by atoms with Crippen LogP contribution in [0.4, 0.5) is 10.5 Å². The number of anilines is 1. The maximum atomic E-state index is 12.1. The van der Waals surface area contributed by atoms with Gasteiger partial charge in [-0.25, -0.2) is 4.79 Å². The van der Waals surface area contributed by atoms with Gasteiger partial charge in [0.25, 0.3) is 0 Å². The van der Waals surface area contributed by atoms with Gasteiger partial charge in [0.2, 0.25) is 5.91 Å². The first-order valence-corrected chi connectivity index (χ1v) is 7.68. The quantitative estimate of drug-likeness (QED) is 0.847. The molecule has 1 heterocycles. The van der Waals surface area contributed by atoms with E-state index in [4.69, 9.17) is 9.47 Å². The molecule has 0 bridgehead atoms. The van der Waals surface area contributed by atoms with E-state index in [1.807, 2.05) is 30.1 Å². The van der Waals surface area contributed by atoms with Crippen LogP contribution in [0.3, 0.4) is 0 Å². The number of likely N-dealkylation sites (N-methyl/N-ethyl adjacent to an activating group) is 1. The van der Waals surface area contributed by atoms with E-state index in [0.29, 0.717) is 45.1 Å². The summed E-state index contributed by atoms with van der Waals surface area (Å²) in [6.45, 7) is 3.51. The predicted molar refractivity (Wildman–Crippen MR) is 86.3 cm³/mol. The van der Waals surface area contributed by atoms with Gasteiger partial charge in [0.15, 0.2) is 0 Å². The van der Waals surface area contributed by atoms with E-state index in [9.17, 15) is 9.59 Å². The lowest BCUT2D eigenvalue weighted by Crippen LogP contribution is -2.45. The fraction of sp³-hybridized carbons (Fsp3) is 0.500. The number of hydrogen-bond acceptors (Lipinski definition) is 5. The number of morpholine rings is 1. The van der Waals surface area contributed by atoms with Crippen LogP contribution < -0.4 is 5.32 Å². The van der Waals surface area contributed by atoms with Gasteiger partial charge in [-0.15, -0.1) is 0 Å². The molecular formula is C16H23N3O4. The normalized spacial score (nSPS) is 14.6. The van der Waals surface area contributed by atoms with Crippen LogP contribution in [-0.2, 0) is 14.3 Å². The molecule has 0 radical (unpaired) electrons. The third kappa shape index (κ3) is 6.25. The molecule has 0 unspecified atom stereocenters. The molecule has 0 atom stereocenters. The summed E-state index contributed by atoms with van der Waals surface area (Å²) < 4.78 is 10.3. The Bertz CT molecular complexity index is 503. The molecule has 0 spiro atoms. The summed E-state index contributed by atoms with van der Waals surface area (Å²) in [5.41, 5.74) is 0.688. The Morgan fingerprint density at radius 2 is 1.96 bits per heavy atom. The van der Waals surface area contributed by atoms with Crippen LogP contribution in [-0.4, -0.2) is 74.8 Å². The number of hydrogen-bond donors (Lipinski definition) is 1. The van der Waals surface area contributed by atoms with E-state index in [-0.39, 0.29) is 12.5 Å². The van der Waals surface area contributed by atoms with Gasteiger partial charge in [-0.1, -0.05) is 18.2 Å². The summed E-state index contributed by atoms with van der Waals surface area (Å²) >= 11 is 0. The summed E-state index contributed by atoms with van der Waals surface area (Å²) in [7, 11) is 1.83. The SMILES string of the molecule is CN(CCOC(=O)Nc1ccccc1)CC(=O)N1CCOCC1. The minimum absolute atomic E-state index is 0.0736. The number of para-hydroxylation sites is 1. The fourth-order valence-corrected chi connectivity index (χ4v) is 2.19. The van der Waals surface area contributed by atoms with Crippen LogP contribution in [0.1, 0.15) is 0 Å². The van der Waals surface area contributed by atoms with Gasteiger partial charge >= 0.3 is 6.09 Å². The van der Waals surface area contributed by atoms with Gasteiger partial charge in [0.05, 0.1) is 19.8 Å². The number of rotatable bonds is 6. The van der Waals surface area contributed by atoms with Crippen molar-refractivity contribution in [2.45, 2.75) is 0 Å². The Morgan fingerprint density at radius 3 is 2.65 bits per heavy atom. The van der Waals surface area contributed by atoms with E-state index in [1.165, 1.54) is 0 Å². The van der Waals surface area contributed by atoms with Crippen molar-refractivity contribution >= 4 is 17.7 Å². The minimum atomic E-state index is -0.496. The van der Waals surface area contributed by atoms with Gasteiger partial charge in [-0.3, -0.25) is 15.0 Å². The van der Waals surface area contributed by atoms with Crippen molar-refractivity contribution < 1.29 is 19.1 Å². The van der Waals surface area contributed by atoms with Crippen LogP contribution in [0.15, 0.2) is 30.3 Å². The van der Waals surface area contributed by atoms with Gasteiger partial charge in [-0.05, 0) is 19.2 Å². The summed E-state index contributed by atoms with van der Waals surface area (Å²) in [6, 6.07) is 9.11. The lowest BCUT2D eigenvalue weighted by molar-refractivity contribution is -0.136. The lowest BCUT2D eigenvalue weighted by Gasteiger charge is -2.28. The van der Waals surface area contributed by atoms with E-state index in [2.05, 4.69) is 5.32 Å². The van der Waals surface area contributed by atoms with Crippen LogP contribution in [0.5, 0.6) is 0 Å². The van der Waals surface area contributed by atoms with Gasteiger partial charge in [-0.2, -0.15) is 0 Å². The Kier molecular flexibility index (Phi) is 6.83. The first-order chi connectivity index (χ1) is 11.1. The molecule has 0 aromatic heterocycles. The zero-order valence-electron chi connectivity index (χ0n) is 13.4. The molecule has 0 aliphatic carbocycles. The van der Waals surface area contributed by atoms with E-state index >= 15 is 0 Å². The molecule has 7 nitrogen and oxygen atoms in total. The zero-order valence-corrected chi connectivity index (χ0v) is 13.4. The summed E-state index contributed by atoms with van der Waals surface area (Å²) in [5.74, 6) is 0.0736. The largest absolute Gasteiger partial charge is 0.448 e. The molecule has 7 heteroatoms. The average molecular weight is 321 g/mol. The van der Waals surface area contributed by atoms with Crippen molar-refractivity contribution in [2.75, 3.05) is 58.4 Å². The molecule has 1 saturated heterocycles. The molecule has 1 aliphatic heterocycles. The average Bonchev–Trinajstić information content (AvgIpc) is 2.56. The van der Waals surface area contributed by atoms with Crippen molar-refractivity contribution in [3.63, 3.8) is 0 Å². The molecule has 23 heavy (non-hydrogen) atoms.